The summed E-state index contributed by atoms with van der Waals surface area (Å²) in [5.41, 5.74) is 0. The molecule has 1 aliphatic rings. The lowest BCUT2D eigenvalue weighted by Gasteiger charge is -2.28. The minimum absolute atomic E-state index is 0.734. The van der Waals surface area contributed by atoms with Gasteiger partial charge >= 0.3 is 0 Å². The molecule has 1 aromatic heterocycles. The van der Waals surface area contributed by atoms with E-state index in [1.54, 1.807) is 0 Å². The summed E-state index contributed by atoms with van der Waals surface area (Å²) in [6.07, 6.45) is 7.68. The van der Waals surface area contributed by atoms with Gasteiger partial charge in [0.2, 0.25) is 0 Å². The molecule has 1 saturated carbocycles. The zero-order chi connectivity index (χ0) is 11.4. The third-order valence-electron chi connectivity index (χ3n) is 3.25. The number of nitrogens with one attached hydrogen (secondary N) is 1. The van der Waals surface area contributed by atoms with Crippen molar-refractivity contribution < 1.29 is 0 Å². The number of rotatable bonds is 4. The van der Waals surface area contributed by atoms with Crippen molar-refractivity contribution in [1.29, 1.82) is 0 Å². The second kappa shape index (κ2) is 6.43. The maximum atomic E-state index is 3.68. The molecule has 1 nitrogen and oxygen atoms in total. The standard InChI is InChI=1S/C12H18BrNS2/c1-15-10-4-2-9(3-5-10)14-8-12-11(13)6-7-16-12/h6-7,9-10,14H,2-5,8H2,1H3. The lowest BCUT2D eigenvalue weighted by atomic mass is 9.95. The van der Waals surface area contributed by atoms with Crippen LogP contribution >= 0.6 is 39.0 Å². The second-order valence-electron chi connectivity index (χ2n) is 4.28. The molecule has 0 spiro atoms. The van der Waals surface area contributed by atoms with Crippen molar-refractivity contribution in [3.05, 3.63) is 20.8 Å². The fourth-order valence-corrected chi connectivity index (χ4v) is 4.38. The Morgan fingerprint density at radius 3 is 2.75 bits per heavy atom. The third-order valence-corrected chi connectivity index (χ3v) is 6.31. The predicted molar refractivity (Wildman–Crippen MR) is 78.4 cm³/mol. The van der Waals surface area contributed by atoms with Crippen LogP contribution in [0.25, 0.3) is 0 Å². The molecule has 0 radical (unpaired) electrons. The predicted octanol–water partition coefficient (Wildman–Crippen LogP) is 4.27. The molecular formula is C12H18BrNS2. The minimum Gasteiger partial charge on any atom is -0.309 e. The molecule has 0 amide bonds. The average molecular weight is 320 g/mol. The van der Waals surface area contributed by atoms with Crippen molar-refractivity contribution in [2.75, 3.05) is 6.26 Å². The van der Waals surface area contributed by atoms with Crippen LogP contribution in [0, 0.1) is 0 Å². The van der Waals surface area contributed by atoms with E-state index in [9.17, 15) is 0 Å². The summed E-state index contributed by atoms with van der Waals surface area (Å²) >= 11 is 7.44. The summed E-state index contributed by atoms with van der Waals surface area (Å²) in [5, 5.41) is 6.73. The Kier molecular flexibility index (Phi) is 5.20. The van der Waals surface area contributed by atoms with Crippen molar-refractivity contribution >= 4 is 39.0 Å². The van der Waals surface area contributed by atoms with Crippen LogP contribution in [-0.4, -0.2) is 17.5 Å². The number of thiophene rings is 1. The van der Waals surface area contributed by atoms with E-state index < -0.39 is 0 Å². The van der Waals surface area contributed by atoms with Gasteiger partial charge in [-0.2, -0.15) is 11.8 Å². The Morgan fingerprint density at radius 1 is 1.44 bits per heavy atom. The normalized spacial score (nSPS) is 25.9. The molecular weight excluding hydrogens is 302 g/mol. The molecule has 4 heteroatoms. The number of hydrogen-bond donors (Lipinski definition) is 1. The average Bonchev–Trinajstić information content (AvgIpc) is 2.73. The Bertz CT molecular complexity index is 319. The van der Waals surface area contributed by atoms with Crippen LogP contribution in [0.15, 0.2) is 15.9 Å². The maximum absolute atomic E-state index is 3.68. The maximum Gasteiger partial charge on any atom is 0.0327 e. The molecule has 90 valence electrons. The van der Waals surface area contributed by atoms with Gasteiger partial charge < -0.3 is 5.32 Å². The zero-order valence-corrected chi connectivity index (χ0v) is 12.8. The van der Waals surface area contributed by atoms with Gasteiger partial charge in [0, 0.05) is 27.2 Å². The molecule has 0 atom stereocenters. The van der Waals surface area contributed by atoms with E-state index >= 15 is 0 Å². The van der Waals surface area contributed by atoms with Crippen molar-refractivity contribution in [2.45, 2.75) is 43.5 Å². The highest BCUT2D eigenvalue weighted by molar-refractivity contribution is 9.10. The first-order valence-electron chi connectivity index (χ1n) is 5.77. The highest BCUT2D eigenvalue weighted by Gasteiger charge is 2.19. The molecule has 0 unspecified atom stereocenters. The van der Waals surface area contributed by atoms with Gasteiger partial charge in [-0.05, 0) is 59.3 Å². The van der Waals surface area contributed by atoms with E-state index in [2.05, 4.69) is 38.9 Å². The molecule has 1 fully saturated rings. The molecule has 1 aromatic rings. The molecule has 16 heavy (non-hydrogen) atoms. The molecule has 1 heterocycles. The molecule has 0 aromatic carbocycles. The first kappa shape index (κ1) is 12.9. The molecule has 0 bridgehead atoms. The van der Waals surface area contributed by atoms with Crippen LogP contribution in [0.1, 0.15) is 30.6 Å². The number of thioether (sulfide) groups is 1. The second-order valence-corrected chi connectivity index (χ2v) is 7.28. The van der Waals surface area contributed by atoms with E-state index in [1.807, 2.05) is 23.1 Å². The van der Waals surface area contributed by atoms with Gasteiger partial charge in [-0.1, -0.05) is 0 Å². The smallest absolute Gasteiger partial charge is 0.0327 e. The van der Waals surface area contributed by atoms with Crippen molar-refractivity contribution in [3.8, 4) is 0 Å². The molecule has 0 saturated heterocycles. The monoisotopic (exact) mass is 319 g/mol. The topological polar surface area (TPSA) is 12.0 Å². The van der Waals surface area contributed by atoms with Crippen LogP contribution in [0.5, 0.6) is 0 Å². The molecule has 1 N–H and O–H groups in total. The highest BCUT2D eigenvalue weighted by atomic mass is 79.9. The first-order chi connectivity index (χ1) is 7.79. The van der Waals surface area contributed by atoms with E-state index in [-0.39, 0.29) is 0 Å². The Balaban J connectivity index is 1.73. The summed E-state index contributed by atoms with van der Waals surface area (Å²) in [6.45, 7) is 1.02. The van der Waals surface area contributed by atoms with Crippen LogP contribution in [0.3, 0.4) is 0 Å². The van der Waals surface area contributed by atoms with E-state index in [0.29, 0.717) is 0 Å². The summed E-state index contributed by atoms with van der Waals surface area (Å²) in [4.78, 5) is 1.42. The van der Waals surface area contributed by atoms with Gasteiger partial charge in [-0.25, -0.2) is 0 Å². The zero-order valence-electron chi connectivity index (χ0n) is 9.54. The van der Waals surface area contributed by atoms with Gasteiger partial charge in [0.25, 0.3) is 0 Å². The van der Waals surface area contributed by atoms with Crippen LogP contribution in [0.2, 0.25) is 0 Å². The third kappa shape index (κ3) is 3.49. The molecule has 0 aliphatic heterocycles. The van der Waals surface area contributed by atoms with Gasteiger partial charge in [-0.3, -0.25) is 0 Å². The lowest BCUT2D eigenvalue weighted by Crippen LogP contribution is -2.33. The first-order valence-corrected chi connectivity index (χ1v) is 8.73. The van der Waals surface area contributed by atoms with Crippen molar-refractivity contribution in [1.82, 2.24) is 5.32 Å². The van der Waals surface area contributed by atoms with Gasteiger partial charge in [0.15, 0.2) is 0 Å². The molecule has 1 aliphatic carbocycles. The number of hydrogen-bond acceptors (Lipinski definition) is 3. The summed E-state index contributed by atoms with van der Waals surface area (Å²) < 4.78 is 1.25. The van der Waals surface area contributed by atoms with E-state index in [1.165, 1.54) is 35.0 Å². The fraction of sp³-hybridized carbons (Fsp3) is 0.667. The number of halogens is 1. The largest absolute Gasteiger partial charge is 0.309 e. The highest BCUT2D eigenvalue weighted by Crippen LogP contribution is 2.28. The summed E-state index contributed by atoms with van der Waals surface area (Å²) in [7, 11) is 0. The summed E-state index contributed by atoms with van der Waals surface area (Å²) in [6, 6.07) is 2.86. The quantitative estimate of drug-likeness (QED) is 0.889. The van der Waals surface area contributed by atoms with Crippen LogP contribution in [-0.2, 0) is 6.54 Å². The van der Waals surface area contributed by atoms with Crippen molar-refractivity contribution in [2.24, 2.45) is 0 Å². The molecule has 2 rings (SSSR count). The Morgan fingerprint density at radius 2 is 2.19 bits per heavy atom. The van der Waals surface area contributed by atoms with Crippen LogP contribution in [0.4, 0.5) is 0 Å². The van der Waals surface area contributed by atoms with E-state index in [0.717, 1.165) is 17.8 Å². The SMILES string of the molecule is CSC1CCC(NCc2sccc2Br)CC1. The summed E-state index contributed by atoms with van der Waals surface area (Å²) in [5.74, 6) is 0. The lowest BCUT2D eigenvalue weighted by molar-refractivity contribution is 0.380. The van der Waals surface area contributed by atoms with Crippen molar-refractivity contribution in [3.63, 3.8) is 0 Å². The van der Waals surface area contributed by atoms with Gasteiger partial charge in [0.1, 0.15) is 0 Å². The van der Waals surface area contributed by atoms with Gasteiger partial charge in [-0.15, -0.1) is 11.3 Å². The van der Waals surface area contributed by atoms with E-state index in [4.69, 9.17) is 0 Å². The Hall–Kier alpha value is 0.490. The minimum atomic E-state index is 0.734. The van der Waals surface area contributed by atoms with Crippen LogP contribution < -0.4 is 5.32 Å². The van der Waals surface area contributed by atoms with Gasteiger partial charge in [0.05, 0.1) is 0 Å². The Labute approximate surface area is 115 Å². The fourth-order valence-electron chi connectivity index (χ4n) is 2.19.